The highest BCUT2D eigenvalue weighted by molar-refractivity contribution is 14.0. The second-order valence-corrected chi connectivity index (χ2v) is 6.80. The van der Waals surface area contributed by atoms with Crippen molar-refractivity contribution >= 4 is 35.8 Å². The van der Waals surface area contributed by atoms with Gasteiger partial charge in [0.2, 0.25) is 5.88 Å². The number of aliphatic imine (C=N–C) groups is 1. The fraction of sp³-hybridized carbons (Fsp3) is 0.409. The number of rotatable bonds is 9. The van der Waals surface area contributed by atoms with Crippen molar-refractivity contribution in [2.24, 2.45) is 4.99 Å². The molecule has 0 atom stereocenters. The number of hydrogen-bond acceptors (Lipinski definition) is 4. The smallest absolute Gasteiger partial charge is 0.253 e. The lowest BCUT2D eigenvalue weighted by atomic mass is 10.1. The van der Waals surface area contributed by atoms with Crippen LogP contribution in [-0.2, 0) is 13.1 Å². The van der Waals surface area contributed by atoms with Crippen LogP contribution < -0.4 is 15.4 Å². The van der Waals surface area contributed by atoms with E-state index in [2.05, 4.69) is 27.5 Å². The predicted octanol–water partition coefficient (Wildman–Crippen LogP) is 3.45. The molecule has 1 amide bonds. The van der Waals surface area contributed by atoms with E-state index in [9.17, 15) is 4.79 Å². The number of guanidine groups is 1. The number of pyridine rings is 1. The Kier molecular flexibility index (Phi) is 11.8. The molecule has 0 aliphatic rings. The van der Waals surface area contributed by atoms with E-state index in [0.717, 1.165) is 30.1 Å². The van der Waals surface area contributed by atoms with Crippen LogP contribution in [0.4, 0.5) is 0 Å². The van der Waals surface area contributed by atoms with Crippen LogP contribution in [0.3, 0.4) is 0 Å². The number of benzene rings is 1. The third kappa shape index (κ3) is 8.56. The molecule has 0 fully saturated rings. The van der Waals surface area contributed by atoms with Crippen molar-refractivity contribution in [2.75, 3.05) is 27.2 Å². The van der Waals surface area contributed by atoms with E-state index in [1.807, 2.05) is 43.3 Å². The number of ether oxygens (including phenoxy) is 1. The number of hydrogen-bond donors (Lipinski definition) is 2. The molecule has 2 N–H and O–H groups in total. The maximum atomic E-state index is 12.0. The minimum absolute atomic E-state index is 0. The van der Waals surface area contributed by atoms with Gasteiger partial charge in [0, 0.05) is 45.0 Å². The molecule has 2 rings (SSSR count). The SMILES string of the molecule is CCCOc1ccc(CN=C(NCC)NCc2ccc(C(=O)N(C)C)cc2)cn1.I. The summed E-state index contributed by atoms with van der Waals surface area (Å²) < 4.78 is 5.50. The maximum absolute atomic E-state index is 12.0. The van der Waals surface area contributed by atoms with Gasteiger partial charge in [-0.05, 0) is 36.6 Å². The second kappa shape index (κ2) is 13.8. The first-order chi connectivity index (χ1) is 14.0. The highest BCUT2D eigenvalue weighted by Crippen LogP contribution is 2.09. The highest BCUT2D eigenvalue weighted by atomic mass is 127. The monoisotopic (exact) mass is 525 g/mol. The van der Waals surface area contributed by atoms with E-state index < -0.39 is 0 Å². The van der Waals surface area contributed by atoms with Gasteiger partial charge in [-0.2, -0.15) is 0 Å². The molecule has 0 bridgehead atoms. The van der Waals surface area contributed by atoms with Crippen molar-refractivity contribution in [3.8, 4) is 5.88 Å². The Morgan fingerprint density at radius 3 is 2.33 bits per heavy atom. The molecule has 2 aromatic rings. The minimum atomic E-state index is -0.000803. The molecule has 30 heavy (non-hydrogen) atoms. The van der Waals surface area contributed by atoms with E-state index >= 15 is 0 Å². The number of carbonyl (C=O) groups is 1. The van der Waals surface area contributed by atoms with E-state index in [0.29, 0.717) is 31.1 Å². The van der Waals surface area contributed by atoms with Gasteiger partial charge in [-0.25, -0.2) is 9.98 Å². The van der Waals surface area contributed by atoms with E-state index in [1.54, 1.807) is 25.2 Å². The summed E-state index contributed by atoms with van der Waals surface area (Å²) in [7, 11) is 3.50. The van der Waals surface area contributed by atoms with Gasteiger partial charge in [-0.3, -0.25) is 4.79 Å². The van der Waals surface area contributed by atoms with Crippen LogP contribution in [0.15, 0.2) is 47.6 Å². The molecule has 0 radical (unpaired) electrons. The number of aromatic nitrogens is 1. The number of amides is 1. The Labute approximate surface area is 196 Å². The second-order valence-electron chi connectivity index (χ2n) is 6.80. The topological polar surface area (TPSA) is 78.8 Å². The lowest BCUT2D eigenvalue weighted by molar-refractivity contribution is 0.0827. The van der Waals surface area contributed by atoms with Crippen LogP contribution >= 0.6 is 24.0 Å². The predicted molar refractivity (Wildman–Crippen MR) is 132 cm³/mol. The van der Waals surface area contributed by atoms with Gasteiger partial charge in [-0.1, -0.05) is 25.1 Å². The van der Waals surface area contributed by atoms with Crippen molar-refractivity contribution in [3.05, 3.63) is 59.3 Å². The fourth-order valence-corrected chi connectivity index (χ4v) is 2.52. The Hall–Kier alpha value is -2.36. The van der Waals surface area contributed by atoms with Crippen LogP contribution in [0.25, 0.3) is 0 Å². The van der Waals surface area contributed by atoms with Crippen molar-refractivity contribution in [1.82, 2.24) is 20.5 Å². The third-order valence-corrected chi connectivity index (χ3v) is 4.08. The quantitative estimate of drug-likeness (QED) is 0.298. The normalized spacial score (nSPS) is 10.7. The van der Waals surface area contributed by atoms with Crippen molar-refractivity contribution < 1.29 is 9.53 Å². The molecule has 0 saturated carbocycles. The average Bonchev–Trinajstić information content (AvgIpc) is 2.74. The lowest BCUT2D eigenvalue weighted by Crippen LogP contribution is -2.36. The molecule has 0 spiro atoms. The molecule has 8 heteroatoms. The largest absolute Gasteiger partial charge is 0.478 e. The first-order valence-electron chi connectivity index (χ1n) is 9.94. The summed E-state index contributed by atoms with van der Waals surface area (Å²) in [4.78, 5) is 22.5. The van der Waals surface area contributed by atoms with E-state index in [4.69, 9.17) is 4.74 Å². The van der Waals surface area contributed by atoms with Crippen molar-refractivity contribution in [2.45, 2.75) is 33.4 Å². The molecule has 1 heterocycles. The number of nitrogens with zero attached hydrogens (tertiary/aromatic N) is 3. The first kappa shape index (κ1) is 25.7. The molecule has 1 aromatic heterocycles. The molecular weight excluding hydrogens is 493 g/mol. The van der Waals surface area contributed by atoms with Gasteiger partial charge in [0.05, 0.1) is 13.2 Å². The van der Waals surface area contributed by atoms with Crippen LogP contribution in [-0.4, -0.2) is 49.0 Å². The number of carbonyl (C=O) groups excluding carboxylic acids is 1. The summed E-state index contributed by atoms with van der Waals surface area (Å²) in [6, 6.07) is 11.4. The van der Waals surface area contributed by atoms with Crippen LogP contribution in [0, 0.1) is 0 Å². The van der Waals surface area contributed by atoms with Gasteiger partial charge in [0.1, 0.15) is 0 Å². The van der Waals surface area contributed by atoms with Crippen LogP contribution in [0.1, 0.15) is 41.8 Å². The summed E-state index contributed by atoms with van der Waals surface area (Å²) >= 11 is 0. The van der Waals surface area contributed by atoms with Crippen LogP contribution in [0.2, 0.25) is 0 Å². The summed E-state index contributed by atoms with van der Waals surface area (Å²) in [5.74, 6) is 1.37. The highest BCUT2D eigenvalue weighted by Gasteiger charge is 2.07. The lowest BCUT2D eigenvalue weighted by Gasteiger charge is -2.13. The Bertz CT molecular complexity index is 792. The molecule has 164 valence electrons. The molecule has 7 nitrogen and oxygen atoms in total. The number of halogens is 1. The summed E-state index contributed by atoms with van der Waals surface area (Å²) in [6.45, 7) is 6.67. The molecule has 0 unspecified atom stereocenters. The standard InChI is InChI=1S/C22H31N5O2.HI/c1-5-13-29-20-12-9-18(15-24-20)16-26-22(23-6-2)25-14-17-7-10-19(11-8-17)21(28)27(3)4;/h7-12,15H,5-6,13-14,16H2,1-4H3,(H2,23,25,26);1H. The summed E-state index contributed by atoms with van der Waals surface area (Å²) in [5, 5.41) is 6.56. The zero-order chi connectivity index (χ0) is 21.1. The minimum Gasteiger partial charge on any atom is -0.478 e. The molecule has 0 aliphatic heterocycles. The van der Waals surface area contributed by atoms with Crippen LogP contribution in [0.5, 0.6) is 5.88 Å². The van der Waals surface area contributed by atoms with Gasteiger partial charge >= 0.3 is 0 Å². The Balaban J connectivity index is 0.00000450. The number of nitrogens with one attached hydrogen (secondary N) is 2. The molecular formula is C22H32IN5O2. The molecule has 0 aliphatic carbocycles. The van der Waals surface area contributed by atoms with Crippen molar-refractivity contribution in [3.63, 3.8) is 0 Å². The Morgan fingerprint density at radius 1 is 1.07 bits per heavy atom. The van der Waals surface area contributed by atoms with Gasteiger partial charge in [-0.15, -0.1) is 24.0 Å². The first-order valence-corrected chi connectivity index (χ1v) is 9.94. The Morgan fingerprint density at radius 2 is 1.77 bits per heavy atom. The van der Waals surface area contributed by atoms with Gasteiger partial charge < -0.3 is 20.3 Å². The average molecular weight is 525 g/mol. The molecule has 1 aromatic carbocycles. The zero-order valence-electron chi connectivity index (χ0n) is 18.1. The van der Waals surface area contributed by atoms with Gasteiger partial charge in [0.25, 0.3) is 5.91 Å². The van der Waals surface area contributed by atoms with E-state index in [-0.39, 0.29) is 29.9 Å². The summed E-state index contributed by atoms with van der Waals surface area (Å²) in [6.07, 6.45) is 2.75. The maximum Gasteiger partial charge on any atom is 0.253 e. The summed E-state index contributed by atoms with van der Waals surface area (Å²) in [5.41, 5.74) is 2.76. The third-order valence-electron chi connectivity index (χ3n) is 4.08. The van der Waals surface area contributed by atoms with E-state index in [1.165, 1.54) is 0 Å². The molecule has 0 saturated heterocycles. The zero-order valence-corrected chi connectivity index (χ0v) is 20.5. The fourth-order valence-electron chi connectivity index (χ4n) is 2.52. The van der Waals surface area contributed by atoms with Crippen molar-refractivity contribution in [1.29, 1.82) is 0 Å². The van der Waals surface area contributed by atoms with Gasteiger partial charge in [0.15, 0.2) is 5.96 Å².